The van der Waals surface area contributed by atoms with Crippen molar-refractivity contribution in [3.05, 3.63) is 204 Å². The number of hydrogen-bond acceptors (Lipinski definition) is 2. The van der Waals surface area contributed by atoms with Gasteiger partial charge in [0.2, 0.25) is 0 Å². The standard InChI is InChI=1S/C45H34N2/c1-5-13-38(14-6-1)46(39-15-7-2-8-16-39)42-26-23-34(24-27-42)21-22-35-25-29-44-36(31-35)32-37-33-43(28-30-45(37)44)47(40-17-9-3-10-18-40)41-19-11-4-12-20-41/h1-31,33H,32H2/b22-21+. The van der Waals surface area contributed by atoms with Crippen molar-refractivity contribution in [3.8, 4) is 11.1 Å². The SMILES string of the molecule is C(=C\c1ccc2c(c1)Cc1cc(N(c3ccccc3)c3ccccc3)ccc1-2)/c1ccc(N(c2ccccc2)c2ccccc2)cc1. The zero-order chi connectivity index (χ0) is 31.4. The summed E-state index contributed by atoms with van der Waals surface area (Å²) in [6, 6.07) is 64.8. The van der Waals surface area contributed by atoms with Crippen molar-refractivity contribution in [3.63, 3.8) is 0 Å². The van der Waals surface area contributed by atoms with Gasteiger partial charge in [0.25, 0.3) is 0 Å². The predicted molar refractivity (Wildman–Crippen MR) is 199 cm³/mol. The Bertz CT molecular complexity index is 2060. The summed E-state index contributed by atoms with van der Waals surface area (Å²) >= 11 is 0. The molecule has 7 aromatic carbocycles. The van der Waals surface area contributed by atoms with E-state index in [0.29, 0.717) is 0 Å². The van der Waals surface area contributed by atoms with Gasteiger partial charge in [-0.25, -0.2) is 0 Å². The Labute approximate surface area is 277 Å². The van der Waals surface area contributed by atoms with Gasteiger partial charge >= 0.3 is 0 Å². The fourth-order valence-corrected chi connectivity index (χ4v) is 6.59. The Kier molecular flexibility index (Phi) is 7.67. The highest BCUT2D eigenvalue weighted by Gasteiger charge is 2.21. The third-order valence-corrected chi connectivity index (χ3v) is 8.82. The molecule has 0 spiro atoms. The summed E-state index contributed by atoms with van der Waals surface area (Å²) in [6.45, 7) is 0. The average molecular weight is 603 g/mol. The average Bonchev–Trinajstić information content (AvgIpc) is 3.50. The number of benzene rings is 7. The van der Waals surface area contributed by atoms with Crippen LogP contribution in [0.25, 0.3) is 23.3 Å². The Morgan fingerprint density at radius 3 is 1.19 bits per heavy atom. The second-order valence-corrected chi connectivity index (χ2v) is 11.9. The fourth-order valence-electron chi connectivity index (χ4n) is 6.59. The maximum Gasteiger partial charge on any atom is 0.0464 e. The van der Waals surface area contributed by atoms with Crippen molar-refractivity contribution in [2.45, 2.75) is 6.42 Å². The maximum atomic E-state index is 2.36. The molecule has 224 valence electrons. The molecule has 0 heterocycles. The second kappa shape index (κ2) is 12.7. The largest absolute Gasteiger partial charge is 0.311 e. The van der Waals surface area contributed by atoms with E-state index in [1.165, 1.54) is 39.1 Å². The highest BCUT2D eigenvalue weighted by Crippen LogP contribution is 2.42. The molecular weight excluding hydrogens is 569 g/mol. The first-order valence-corrected chi connectivity index (χ1v) is 16.1. The third kappa shape index (κ3) is 5.85. The molecule has 1 aliphatic rings. The van der Waals surface area contributed by atoms with E-state index in [4.69, 9.17) is 0 Å². The molecule has 0 saturated heterocycles. The lowest BCUT2D eigenvalue weighted by Gasteiger charge is -2.26. The first-order chi connectivity index (χ1) is 23.3. The van der Waals surface area contributed by atoms with E-state index in [2.05, 4.69) is 204 Å². The Hall–Kier alpha value is -6.12. The molecule has 0 unspecified atom stereocenters. The summed E-state index contributed by atoms with van der Waals surface area (Å²) in [5, 5.41) is 0. The number of para-hydroxylation sites is 4. The summed E-state index contributed by atoms with van der Waals surface area (Å²) in [6.07, 6.45) is 5.36. The number of hydrogen-bond donors (Lipinski definition) is 0. The number of fused-ring (bicyclic) bond motifs is 3. The highest BCUT2D eigenvalue weighted by atomic mass is 15.1. The Balaban J connectivity index is 1.03. The molecule has 47 heavy (non-hydrogen) atoms. The summed E-state index contributed by atoms with van der Waals surface area (Å²) in [5.41, 5.74) is 14.7. The molecule has 0 aliphatic heterocycles. The molecule has 7 aromatic rings. The monoisotopic (exact) mass is 602 g/mol. The van der Waals surface area contributed by atoms with Gasteiger partial charge in [-0.2, -0.15) is 0 Å². The third-order valence-electron chi connectivity index (χ3n) is 8.82. The van der Waals surface area contributed by atoms with Crippen LogP contribution in [0.3, 0.4) is 0 Å². The van der Waals surface area contributed by atoms with Gasteiger partial charge in [0.1, 0.15) is 0 Å². The summed E-state index contributed by atoms with van der Waals surface area (Å²) in [4.78, 5) is 4.62. The van der Waals surface area contributed by atoms with Gasteiger partial charge in [-0.15, -0.1) is 0 Å². The van der Waals surface area contributed by atoms with Crippen LogP contribution in [0.15, 0.2) is 182 Å². The quantitative estimate of drug-likeness (QED) is 0.160. The minimum absolute atomic E-state index is 0.932. The molecule has 0 fully saturated rings. The van der Waals surface area contributed by atoms with E-state index in [0.717, 1.165) is 34.9 Å². The van der Waals surface area contributed by atoms with Gasteiger partial charge in [0, 0.05) is 34.1 Å². The molecule has 1 aliphatic carbocycles. The van der Waals surface area contributed by atoms with Crippen LogP contribution in [0.1, 0.15) is 22.3 Å². The van der Waals surface area contributed by atoms with E-state index in [-0.39, 0.29) is 0 Å². The van der Waals surface area contributed by atoms with Crippen LogP contribution >= 0.6 is 0 Å². The van der Waals surface area contributed by atoms with Gasteiger partial charge < -0.3 is 9.80 Å². The predicted octanol–water partition coefficient (Wildman–Crippen LogP) is 12.4. The first-order valence-electron chi connectivity index (χ1n) is 16.1. The summed E-state index contributed by atoms with van der Waals surface area (Å²) in [7, 11) is 0. The van der Waals surface area contributed by atoms with E-state index in [1.54, 1.807) is 0 Å². The lowest BCUT2D eigenvalue weighted by atomic mass is 10.0. The molecule has 2 heteroatoms. The Morgan fingerprint density at radius 1 is 0.319 bits per heavy atom. The minimum atomic E-state index is 0.932. The molecular formula is C45H34N2. The van der Waals surface area contributed by atoms with Gasteiger partial charge in [-0.3, -0.25) is 0 Å². The molecule has 0 atom stereocenters. The van der Waals surface area contributed by atoms with Crippen molar-refractivity contribution in [1.82, 2.24) is 0 Å². The van der Waals surface area contributed by atoms with Gasteiger partial charge in [-0.1, -0.05) is 121 Å². The normalized spacial score (nSPS) is 11.7. The second-order valence-electron chi connectivity index (χ2n) is 11.9. The number of anilines is 6. The van der Waals surface area contributed by atoms with Crippen LogP contribution in [0.5, 0.6) is 0 Å². The molecule has 8 rings (SSSR count). The molecule has 0 N–H and O–H groups in total. The number of nitrogens with zero attached hydrogens (tertiary/aromatic N) is 2. The van der Waals surface area contributed by atoms with E-state index >= 15 is 0 Å². The van der Waals surface area contributed by atoms with Gasteiger partial charge in [-0.05, 0) is 113 Å². The van der Waals surface area contributed by atoms with Gasteiger partial charge in [0.15, 0.2) is 0 Å². The maximum absolute atomic E-state index is 2.36. The topological polar surface area (TPSA) is 6.48 Å². The van der Waals surface area contributed by atoms with E-state index in [1.807, 2.05) is 0 Å². The van der Waals surface area contributed by atoms with Crippen molar-refractivity contribution in [2.24, 2.45) is 0 Å². The molecule has 0 bridgehead atoms. The smallest absolute Gasteiger partial charge is 0.0464 e. The molecule has 0 amide bonds. The van der Waals surface area contributed by atoms with Gasteiger partial charge in [0.05, 0.1) is 0 Å². The van der Waals surface area contributed by atoms with Crippen molar-refractivity contribution in [2.75, 3.05) is 9.80 Å². The summed E-state index contributed by atoms with van der Waals surface area (Å²) < 4.78 is 0. The van der Waals surface area contributed by atoms with Crippen LogP contribution in [-0.4, -0.2) is 0 Å². The van der Waals surface area contributed by atoms with Crippen LogP contribution < -0.4 is 9.80 Å². The zero-order valence-electron chi connectivity index (χ0n) is 26.1. The van der Waals surface area contributed by atoms with Crippen molar-refractivity contribution >= 4 is 46.3 Å². The van der Waals surface area contributed by atoms with Crippen LogP contribution in [0.4, 0.5) is 34.1 Å². The number of rotatable bonds is 8. The fraction of sp³-hybridized carbons (Fsp3) is 0.0222. The lowest BCUT2D eigenvalue weighted by molar-refractivity contribution is 1.23. The lowest BCUT2D eigenvalue weighted by Crippen LogP contribution is -2.09. The van der Waals surface area contributed by atoms with Crippen molar-refractivity contribution in [1.29, 1.82) is 0 Å². The Morgan fingerprint density at radius 2 is 0.681 bits per heavy atom. The minimum Gasteiger partial charge on any atom is -0.311 e. The van der Waals surface area contributed by atoms with E-state index in [9.17, 15) is 0 Å². The zero-order valence-corrected chi connectivity index (χ0v) is 26.1. The molecule has 0 radical (unpaired) electrons. The molecule has 0 aromatic heterocycles. The first kappa shape index (κ1) is 28.4. The molecule has 2 nitrogen and oxygen atoms in total. The van der Waals surface area contributed by atoms with Crippen LogP contribution in [-0.2, 0) is 6.42 Å². The molecule has 0 saturated carbocycles. The van der Waals surface area contributed by atoms with Crippen LogP contribution in [0, 0.1) is 0 Å². The summed E-state index contributed by atoms with van der Waals surface area (Å²) in [5.74, 6) is 0. The van der Waals surface area contributed by atoms with Crippen molar-refractivity contribution < 1.29 is 0 Å². The van der Waals surface area contributed by atoms with Crippen LogP contribution in [0.2, 0.25) is 0 Å². The van der Waals surface area contributed by atoms with E-state index < -0.39 is 0 Å². The highest BCUT2D eigenvalue weighted by molar-refractivity contribution is 5.84.